The minimum absolute atomic E-state index is 0.191. The lowest BCUT2D eigenvalue weighted by Crippen LogP contribution is -2.44. The molecular formula is C20H14N4O8. The molecule has 4 rings (SSSR count). The lowest BCUT2D eigenvalue weighted by atomic mass is 10.1. The van der Waals surface area contributed by atoms with E-state index in [0.29, 0.717) is 16.3 Å². The van der Waals surface area contributed by atoms with Crippen LogP contribution in [0.3, 0.4) is 0 Å². The Balaban J connectivity index is 1.42. The number of ether oxygens (including phenoxy) is 1. The molecule has 32 heavy (non-hydrogen) atoms. The first-order chi connectivity index (χ1) is 15.3. The second-order valence-electron chi connectivity index (χ2n) is 6.86. The summed E-state index contributed by atoms with van der Waals surface area (Å²) in [5.74, 6) is -4.04. The van der Waals surface area contributed by atoms with E-state index < -0.39 is 58.9 Å². The maximum Gasteiger partial charge on any atom is 0.326 e. The number of para-hydroxylation sites is 2. The predicted molar refractivity (Wildman–Crippen MR) is 107 cm³/mol. The molecule has 2 aromatic rings. The summed E-state index contributed by atoms with van der Waals surface area (Å²) in [6.07, 6.45) is 0. The van der Waals surface area contributed by atoms with Gasteiger partial charge in [-0.15, -0.1) is 0 Å². The van der Waals surface area contributed by atoms with Crippen LogP contribution in [0.4, 0.5) is 17.1 Å². The van der Waals surface area contributed by atoms with Crippen LogP contribution in [-0.2, 0) is 19.1 Å². The van der Waals surface area contributed by atoms with Crippen molar-refractivity contribution in [2.75, 3.05) is 29.9 Å². The smallest absolute Gasteiger partial charge is 0.326 e. The second-order valence-corrected chi connectivity index (χ2v) is 6.86. The van der Waals surface area contributed by atoms with Crippen molar-refractivity contribution in [2.24, 2.45) is 0 Å². The van der Waals surface area contributed by atoms with Gasteiger partial charge < -0.3 is 10.1 Å². The number of esters is 1. The average Bonchev–Trinajstić information content (AvgIpc) is 3.01. The Bertz CT molecular complexity index is 1210. The van der Waals surface area contributed by atoms with Crippen molar-refractivity contribution in [1.82, 2.24) is 4.90 Å². The number of hydrogen-bond acceptors (Lipinski definition) is 8. The predicted octanol–water partition coefficient (Wildman–Crippen LogP) is 0.719. The van der Waals surface area contributed by atoms with Gasteiger partial charge in [0.1, 0.15) is 18.7 Å². The molecule has 2 heterocycles. The molecule has 12 nitrogen and oxygen atoms in total. The number of amides is 4. The van der Waals surface area contributed by atoms with Gasteiger partial charge in [0.25, 0.3) is 23.4 Å². The molecule has 0 radical (unpaired) electrons. The summed E-state index contributed by atoms with van der Waals surface area (Å²) in [6.45, 7) is -1.83. The topological polar surface area (TPSA) is 156 Å². The first kappa shape index (κ1) is 20.7. The SMILES string of the molecule is O=C1CN(C(=O)COC(=O)CN2C(=O)c3cccc([N+](=O)[O-])c3C2=O)c2ccccc2N1. The quantitative estimate of drug-likeness (QED) is 0.310. The maximum absolute atomic E-state index is 12.5. The van der Waals surface area contributed by atoms with Crippen molar-refractivity contribution in [3.63, 3.8) is 0 Å². The maximum atomic E-state index is 12.5. The highest BCUT2D eigenvalue weighted by molar-refractivity contribution is 6.24. The number of hydrogen-bond donors (Lipinski definition) is 1. The third kappa shape index (κ3) is 3.53. The number of benzene rings is 2. The van der Waals surface area contributed by atoms with Gasteiger partial charge in [0.05, 0.1) is 21.9 Å². The van der Waals surface area contributed by atoms with Crippen LogP contribution in [0.15, 0.2) is 42.5 Å². The molecule has 0 aliphatic carbocycles. The normalized spacial score (nSPS) is 14.6. The number of nitrogens with zero attached hydrogens (tertiary/aromatic N) is 3. The van der Waals surface area contributed by atoms with Gasteiger partial charge in [0.2, 0.25) is 5.91 Å². The van der Waals surface area contributed by atoms with Gasteiger partial charge in [-0.3, -0.25) is 43.9 Å². The molecule has 0 spiro atoms. The van der Waals surface area contributed by atoms with E-state index in [9.17, 15) is 34.1 Å². The third-order valence-corrected chi connectivity index (χ3v) is 4.89. The lowest BCUT2D eigenvalue weighted by Gasteiger charge is -2.28. The van der Waals surface area contributed by atoms with Crippen LogP contribution in [0.5, 0.6) is 0 Å². The number of carbonyl (C=O) groups excluding carboxylic acids is 5. The van der Waals surface area contributed by atoms with Crippen LogP contribution >= 0.6 is 0 Å². The van der Waals surface area contributed by atoms with Crippen LogP contribution < -0.4 is 10.2 Å². The summed E-state index contributed by atoms with van der Waals surface area (Å²) >= 11 is 0. The van der Waals surface area contributed by atoms with Gasteiger partial charge in [-0.2, -0.15) is 0 Å². The number of rotatable bonds is 5. The molecule has 12 heteroatoms. The minimum atomic E-state index is -1.06. The van der Waals surface area contributed by atoms with E-state index in [1.165, 1.54) is 12.1 Å². The largest absolute Gasteiger partial charge is 0.454 e. The molecular weight excluding hydrogens is 424 g/mol. The Morgan fingerprint density at radius 3 is 2.56 bits per heavy atom. The number of nitro groups is 1. The van der Waals surface area contributed by atoms with E-state index in [2.05, 4.69) is 5.32 Å². The molecule has 0 saturated heterocycles. The highest BCUT2D eigenvalue weighted by Crippen LogP contribution is 2.31. The van der Waals surface area contributed by atoms with E-state index in [4.69, 9.17) is 4.74 Å². The molecule has 4 amide bonds. The van der Waals surface area contributed by atoms with E-state index in [0.717, 1.165) is 11.0 Å². The molecule has 0 atom stereocenters. The summed E-state index contributed by atoms with van der Waals surface area (Å²) in [5, 5.41) is 13.8. The zero-order valence-corrected chi connectivity index (χ0v) is 16.3. The number of fused-ring (bicyclic) bond motifs is 2. The molecule has 0 fully saturated rings. The Labute approximate surface area is 179 Å². The standard InChI is InChI=1S/C20H14N4O8/c25-15-8-22(13-6-2-1-5-12(13)21-15)16(26)10-32-17(27)9-23-19(28)11-4-3-7-14(24(30)31)18(11)20(23)29/h1-7H,8-10H2,(H,21,25). The van der Waals surface area contributed by atoms with Crippen molar-refractivity contribution in [1.29, 1.82) is 0 Å². The Kier molecular flexibility index (Phi) is 5.10. The fraction of sp³-hybridized carbons (Fsp3) is 0.150. The van der Waals surface area contributed by atoms with Crippen molar-refractivity contribution in [3.05, 3.63) is 63.7 Å². The third-order valence-electron chi connectivity index (χ3n) is 4.89. The zero-order valence-electron chi connectivity index (χ0n) is 16.3. The molecule has 2 aliphatic rings. The molecule has 0 aromatic heterocycles. The fourth-order valence-electron chi connectivity index (χ4n) is 3.46. The summed E-state index contributed by atoms with van der Waals surface area (Å²) < 4.78 is 4.90. The second kappa shape index (κ2) is 7.91. The summed E-state index contributed by atoms with van der Waals surface area (Å²) in [4.78, 5) is 73.5. The van der Waals surface area contributed by atoms with Crippen LogP contribution in [0.2, 0.25) is 0 Å². The van der Waals surface area contributed by atoms with Crippen molar-refractivity contribution in [2.45, 2.75) is 0 Å². The molecule has 2 aromatic carbocycles. The van der Waals surface area contributed by atoms with Gasteiger partial charge in [-0.25, -0.2) is 0 Å². The number of anilines is 2. The van der Waals surface area contributed by atoms with E-state index in [1.54, 1.807) is 24.3 Å². The number of nitrogens with one attached hydrogen (secondary N) is 1. The van der Waals surface area contributed by atoms with Crippen molar-refractivity contribution < 1.29 is 33.6 Å². The summed E-state index contributed by atoms with van der Waals surface area (Å²) in [7, 11) is 0. The fourth-order valence-corrected chi connectivity index (χ4v) is 3.46. The van der Waals surface area contributed by atoms with Gasteiger partial charge in [-0.1, -0.05) is 18.2 Å². The molecule has 0 unspecified atom stereocenters. The van der Waals surface area contributed by atoms with Gasteiger partial charge >= 0.3 is 5.97 Å². The molecule has 0 saturated carbocycles. The van der Waals surface area contributed by atoms with Crippen molar-refractivity contribution >= 4 is 46.7 Å². The number of carbonyl (C=O) groups is 5. The van der Waals surface area contributed by atoms with E-state index in [1.807, 2.05) is 0 Å². The van der Waals surface area contributed by atoms with Crippen LogP contribution in [0.1, 0.15) is 20.7 Å². The average molecular weight is 438 g/mol. The Morgan fingerprint density at radius 2 is 1.81 bits per heavy atom. The van der Waals surface area contributed by atoms with E-state index in [-0.39, 0.29) is 12.1 Å². The van der Waals surface area contributed by atoms with Crippen LogP contribution in [0, 0.1) is 10.1 Å². The van der Waals surface area contributed by atoms with Crippen molar-refractivity contribution in [3.8, 4) is 0 Å². The summed E-state index contributed by atoms with van der Waals surface area (Å²) in [6, 6.07) is 10.2. The monoisotopic (exact) mass is 438 g/mol. The lowest BCUT2D eigenvalue weighted by molar-refractivity contribution is -0.385. The number of nitro benzene ring substituents is 1. The van der Waals surface area contributed by atoms with Gasteiger partial charge in [-0.05, 0) is 18.2 Å². The highest BCUT2D eigenvalue weighted by Gasteiger charge is 2.42. The van der Waals surface area contributed by atoms with Crippen LogP contribution in [-0.4, -0.2) is 59.1 Å². The highest BCUT2D eigenvalue weighted by atomic mass is 16.6. The minimum Gasteiger partial charge on any atom is -0.454 e. The molecule has 1 N–H and O–H groups in total. The molecule has 2 aliphatic heterocycles. The van der Waals surface area contributed by atoms with Gasteiger partial charge in [0.15, 0.2) is 6.61 Å². The van der Waals surface area contributed by atoms with E-state index >= 15 is 0 Å². The molecule has 0 bridgehead atoms. The Morgan fingerprint density at radius 1 is 1.06 bits per heavy atom. The summed E-state index contributed by atoms with van der Waals surface area (Å²) in [5.41, 5.74) is -0.280. The molecule has 162 valence electrons. The number of imide groups is 1. The van der Waals surface area contributed by atoms with Gasteiger partial charge in [0, 0.05) is 6.07 Å². The Hall–Kier alpha value is -4.61. The first-order valence-corrected chi connectivity index (χ1v) is 9.26. The van der Waals surface area contributed by atoms with Crippen LogP contribution in [0.25, 0.3) is 0 Å². The zero-order chi connectivity index (χ0) is 23.0. The first-order valence-electron chi connectivity index (χ1n) is 9.26.